The van der Waals surface area contributed by atoms with Crippen molar-refractivity contribution in [3.63, 3.8) is 0 Å². The Bertz CT molecular complexity index is 1020. The van der Waals surface area contributed by atoms with Gasteiger partial charge in [-0.15, -0.1) is 0 Å². The molecule has 0 bridgehead atoms. The van der Waals surface area contributed by atoms with Gasteiger partial charge in [0.05, 0.1) is 0 Å². The first-order valence-electron chi connectivity index (χ1n) is 10.1. The molecule has 1 nitrogen and oxygen atoms in total. The molecule has 1 N–H and O–H groups in total. The summed E-state index contributed by atoms with van der Waals surface area (Å²) in [7, 11) is 0. The molecule has 0 spiro atoms. The van der Waals surface area contributed by atoms with Gasteiger partial charge in [-0.2, -0.15) is 0 Å². The van der Waals surface area contributed by atoms with Crippen molar-refractivity contribution in [2.45, 2.75) is 26.7 Å². The standard InChI is InChI=1S/C27H27N/c1-20-9-8-13-23(17-20)26(18-22-11-4-3-5-12-22)27(24-15-16-28-19-24)25-14-7-6-10-21(25)2/h3-14,17,19,28H,15-16,18H2,1-2H3/b27-26+. The Morgan fingerprint density at radius 1 is 0.857 bits per heavy atom. The molecule has 1 heteroatoms. The summed E-state index contributed by atoms with van der Waals surface area (Å²) < 4.78 is 0. The zero-order valence-electron chi connectivity index (χ0n) is 16.7. The number of nitrogens with one attached hydrogen (secondary N) is 1. The van der Waals surface area contributed by atoms with Gasteiger partial charge in [-0.3, -0.25) is 0 Å². The Morgan fingerprint density at radius 2 is 1.64 bits per heavy atom. The van der Waals surface area contributed by atoms with Gasteiger partial charge < -0.3 is 5.32 Å². The number of rotatable bonds is 5. The SMILES string of the molecule is Cc1cccc(/C(Cc2ccccc2)=C(\C2=CNCC2)c2ccccc2C)c1. The zero-order valence-corrected chi connectivity index (χ0v) is 16.7. The van der Waals surface area contributed by atoms with Crippen LogP contribution in [-0.2, 0) is 6.42 Å². The molecule has 4 rings (SSSR count). The second kappa shape index (κ2) is 8.31. The summed E-state index contributed by atoms with van der Waals surface area (Å²) in [6.45, 7) is 5.40. The van der Waals surface area contributed by atoms with E-state index in [1.165, 1.54) is 44.5 Å². The molecule has 0 saturated heterocycles. The molecule has 1 aliphatic rings. The summed E-state index contributed by atoms with van der Waals surface area (Å²) in [5, 5.41) is 3.43. The normalized spacial score (nSPS) is 14.3. The molecule has 140 valence electrons. The first-order valence-corrected chi connectivity index (χ1v) is 10.1. The van der Waals surface area contributed by atoms with Crippen LogP contribution in [0.3, 0.4) is 0 Å². The Hall–Kier alpha value is -3.06. The van der Waals surface area contributed by atoms with Gasteiger partial charge in [0.15, 0.2) is 0 Å². The van der Waals surface area contributed by atoms with E-state index in [0.717, 1.165) is 19.4 Å². The lowest BCUT2D eigenvalue weighted by atomic mass is 9.84. The highest BCUT2D eigenvalue weighted by molar-refractivity contribution is 5.99. The second-order valence-corrected chi connectivity index (χ2v) is 7.57. The van der Waals surface area contributed by atoms with E-state index in [1.54, 1.807) is 0 Å². The van der Waals surface area contributed by atoms with Crippen molar-refractivity contribution in [1.82, 2.24) is 5.32 Å². The van der Waals surface area contributed by atoms with Crippen molar-refractivity contribution in [1.29, 1.82) is 0 Å². The van der Waals surface area contributed by atoms with Gasteiger partial charge in [-0.1, -0.05) is 84.4 Å². The molecule has 0 saturated carbocycles. The number of hydrogen-bond acceptors (Lipinski definition) is 1. The van der Waals surface area contributed by atoms with Crippen LogP contribution in [0.2, 0.25) is 0 Å². The molecule has 0 fully saturated rings. The Morgan fingerprint density at radius 3 is 2.36 bits per heavy atom. The quantitative estimate of drug-likeness (QED) is 0.521. The third-order valence-electron chi connectivity index (χ3n) is 5.44. The summed E-state index contributed by atoms with van der Waals surface area (Å²) in [5.41, 5.74) is 10.8. The molecule has 0 unspecified atom stereocenters. The summed E-state index contributed by atoms with van der Waals surface area (Å²) in [5.74, 6) is 0. The molecule has 0 atom stereocenters. The predicted octanol–water partition coefficient (Wildman–Crippen LogP) is 6.33. The lowest BCUT2D eigenvalue weighted by Crippen LogP contribution is -2.01. The van der Waals surface area contributed by atoms with E-state index in [9.17, 15) is 0 Å². The van der Waals surface area contributed by atoms with E-state index in [2.05, 4.69) is 104 Å². The van der Waals surface area contributed by atoms with Gasteiger partial charge in [-0.25, -0.2) is 0 Å². The number of allylic oxidation sites excluding steroid dienone is 2. The largest absolute Gasteiger partial charge is 0.390 e. The Kier molecular flexibility index (Phi) is 5.43. The fourth-order valence-corrected chi connectivity index (χ4v) is 4.02. The van der Waals surface area contributed by atoms with Crippen LogP contribution in [0.15, 0.2) is 90.6 Å². The number of hydrogen-bond donors (Lipinski definition) is 1. The Labute approximate surface area is 168 Å². The maximum absolute atomic E-state index is 3.43. The molecule has 3 aromatic carbocycles. The summed E-state index contributed by atoms with van der Waals surface area (Å²) in [6, 6.07) is 28.5. The van der Waals surface area contributed by atoms with Gasteiger partial charge >= 0.3 is 0 Å². The van der Waals surface area contributed by atoms with Crippen molar-refractivity contribution in [3.05, 3.63) is 118 Å². The van der Waals surface area contributed by atoms with E-state index < -0.39 is 0 Å². The number of benzene rings is 3. The molecule has 1 aliphatic heterocycles. The molecular formula is C27H27N. The van der Waals surface area contributed by atoms with Crippen LogP contribution in [0.4, 0.5) is 0 Å². The predicted molar refractivity (Wildman–Crippen MR) is 120 cm³/mol. The summed E-state index contributed by atoms with van der Waals surface area (Å²) >= 11 is 0. The maximum Gasteiger partial charge on any atom is 0.0182 e. The minimum absolute atomic E-state index is 0.922. The van der Waals surface area contributed by atoms with Gasteiger partial charge in [0.2, 0.25) is 0 Å². The highest BCUT2D eigenvalue weighted by Crippen LogP contribution is 2.38. The highest BCUT2D eigenvalue weighted by atomic mass is 14.8. The maximum atomic E-state index is 3.43. The molecule has 28 heavy (non-hydrogen) atoms. The van der Waals surface area contributed by atoms with Gasteiger partial charge in [0, 0.05) is 12.7 Å². The van der Waals surface area contributed by atoms with Crippen LogP contribution in [0.1, 0.15) is 34.2 Å². The lowest BCUT2D eigenvalue weighted by molar-refractivity contribution is 0.911. The molecule has 0 aromatic heterocycles. The molecular weight excluding hydrogens is 338 g/mol. The fourth-order valence-electron chi connectivity index (χ4n) is 4.02. The first-order chi connectivity index (χ1) is 13.7. The summed E-state index contributed by atoms with van der Waals surface area (Å²) in [6.07, 6.45) is 4.20. The van der Waals surface area contributed by atoms with E-state index >= 15 is 0 Å². The van der Waals surface area contributed by atoms with Crippen LogP contribution < -0.4 is 5.32 Å². The number of aryl methyl sites for hydroxylation is 2. The molecule has 0 amide bonds. The summed E-state index contributed by atoms with van der Waals surface area (Å²) in [4.78, 5) is 0. The third kappa shape index (κ3) is 3.94. The van der Waals surface area contributed by atoms with E-state index in [1.807, 2.05) is 0 Å². The molecule has 0 radical (unpaired) electrons. The molecule has 1 heterocycles. The van der Waals surface area contributed by atoms with Crippen molar-refractivity contribution in [2.75, 3.05) is 6.54 Å². The monoisotopic (exact) mass is 365 g/mol. The van der Waals surface area contributed by atoms with E-state index in [4.69, 9.17) is 0 Å². The minimum Gasteiger partial charge on any atom is -0.390 e. The second-order valence-electron chi connectivity index (χ2n) is 7.57. The van der Waals surface area contributed by atoms with Crippen LogP contribution >= 0.6 is 0 Å². The van der Waals surface area contributed by atoms with E-state index in [-0.39, 0.29) is 0 Å². The van der Waals surface area contributed by atoms with Gasteiger partial charge in [-0.05, 0) is 65.7 Å². The van der Waals surface area contributed by atoms with Crippen molar-refractivity contribution in [2.24, 2.45) is 0 Å². The van der Waals surface area contributed by atoms with E-state index in [0.29, 0.717) is 0 Å². The minimum atomic E-state index is 0.922. The van der Waals surface area contributed by atoms with Crippen LogP contribution in [0, 0.1) is 13.8 Å². The first kappa shape index (κ1) is 18.3. The van der Waals surface area contributed by atoms with Crippen molar-refractivity contribution in [3.8, 4) is 0 Å². The average molecular weight is 366 g/mol. The van der Waals surface area contributed by atoms with Gasteiger partial charge in [0.1, 0.15) is 0 Å². The van der Waals surface area contributed by atoms with Crippen LogP contribution in [0.25, 0.3) is 11.1 Å². The van der Waals surface area contributed by atoms with Crippen LogP contribution in [-0.4, -0.2) is 6.54 Å². The highest BCUT2D eigenvalue weighted by Gasteiger charge is 2.20. The topological polar surface area (TPSA) is 12.0 Å². The lowest BCUT2D eigenvalue weighted by Gasteiger charge is -2.20. The van der Waals surface area contributed by atoms with Crippen LogP contribution in [0.5, 0.6) is 0 Å². The Balaban J connectivity index is 1.98. The van der Waals surface area contributed by atoms with Gasteiger partial charge in [0.25, 0.3) is 0 Å². The fraction of sp³-hybridized carbons (Fsp3) is 0.185. The molecule has 0 aliphatic carbocycles. The molecule has 3 aromatic rings. The smallest absolute Gasteiger partial charge is 0.0182 e. The third-order valence-corrected chi connectivity index (χ3v) is 5.44. The van der Waals surface area contributed by atoms with Crippen molar-refractivity contribution >= 4 is 11.1 Å². The average Bonchev–Trinajstić information content (AvgIpc) is 3.24. The zero-order chi connectivity index (χ0) is 19.3. The van der Waals surface area contributed by atoms with Crippen molar-refractivity contribution < 1.29 is 0 Å².